The van der Waals surface area contributed by atoms with Gasteiger partial charge in [-0.2, -0.15) is 0 Å². The lowest BCUT2D eigenvalue weighted by Gasteiger charge is -2.31. The summed E-state index contributed by atoms with van der Waals surface area (Å²) in [6.07, 6.45) is 0.762. The van der Waals surface area contributed by atoms with Crippen molar-refractivity contribution < 1.29 is 14.3 Å². The summed E-state index contributed by atoms with van der Waals surface area (Å²) in [7, 11) is 0. The van der Waals surface area contributed by atoms with E-state index in [0.717, 1.165) is 11.3 Å². The zero-order chi connectivity index (χ0) is 22.2. The van der Waals surface area contributed by atoms with Gasteiger partial charge in [0.15, 0.2) is 0 Å². The molecule has 2 aromatic carbocycles. The van der Waals surface area contributed by atoms with E-state index in [1.807, 2.05) is 55.6 Å². The molecule has 6 heteroatoms. The first-order valence-electron chi connectivity index (χ1n) is 10.8. The third-order valence-electron chi connectivity index (χ3n) is 5.74. The van der Waals surface area contributed by atoms with Crippen molar-refractivity contribution in [1.29, 1.82) is 0 Å². The Labute approximate surface area is 191 Å². The summed E-state index contributed by atoms with van der Waals surface area (Å²) in [6.45, 7) is 5.16. The van der Waals surface area contributed by atoms with Gasteiger partial charge in [-0.3, -0.25) is 9.59 Å². The van der Waals surface area contributed by atoms with Crippen LogP contribution < -0.4 is 9.64 Å². The maximum Gasteiger partial charge on any atom is 0.282 e. The fourth-order valence-corrected chi connectivity index (χ4v) is 5.12. The summed E-state index contributed by atoms with van der Waals surface area (Å²) in [6, 6.07) is 19.4. The first-order chi connectivity index (χ1) is 15.5. The summed E-state index contributed by atoms with van der Waals surface area (Å²) in [4.78, 5) is 31.7. The summed E-state index contributed by atoms with van der Waals surface area (Å²) in [5.41, 5.74) is 3.93. The molecule has 0 aliphatic carbocycles. The Morgan fingerprint density at radius 3 is 2.41 bits per heavy atom. The molecule has 0 radical (unpaired) electrons. The van der Waals surface area contributed by atoms with Crippen molar-refractivity contribution in [2.75, 3.05) is 11.4 Å². The van der Waals surface area contributed by atoms with Crippen LogP contribution in [0.1, 0.15) is 29.9 Å². The molecule has 162 valence electrons. The smallest absolute Gasteiger partial charge is 0.282 e. The Balaban J connectivity index is 1.59. The molecule has 32 heavy (non-hydrogen) atoms. The number of carbonyl (C=O) groups excluding carboxylic acids is 2. The van der Waals surface area contributed by atoms with Crippen molar-refractivity contribution >= 4 is 34.4 Å². The van der Waals surface area contributed by atoms with Crippen LogP contribution in [0.25, 0.3) is 5.57 Å². The predicted molar refractivity (Wildman–Crippen MR) is 126 cm³/mol. The quantitative estimate of drug-likeness (QED) is 0.527. The van der Waals surface area contributed by atoms with Gasteiger partial charge < -0.3 is 9.64 Å². The molecule has 0 spiro atoms. The highest BCUT2D eigenvalue weighted by molar-refractivity contribution is 7.11. The zero-order valence-corrected chi connectivity index (χ0v) is 18.9. The molecule has 0 fully saturated rings. The fraction of sp³-hybridized carbons (Fsp3) is 0.231. The van der Waals surface area contributed by atoms with Crippen LogP contribution in [0, 0.1) is 0 Å². The largest absolute Gasteiger partial charge is 0.489 e. The van der Waals surface area contributed by atoms with Gasteiger partial charge in [0.2, 0.25) is 0 Å². The Kier molecular flexibility index (Phi) is 5.31. The van der Waals surface area contributed by atoms with Crippen molar-refractivity contribution in [2.24, 2.45) is 0 Å². The van der Waals surface area contributed by atoms with E-state index in [-0.39, 0.29) is 17.9 Å². The van der Waals surface area contributed by atoms with Crippen LogP contribution in [0.3, 0.4) is 0 Å². The predicted octanol–water partition coefficient (Wildman–Crippen LogP) is 4.88. The van der Waals surface area contributed by atoms with Crippen LogP contribution in [0.15, 0.2) is 71.7 Å². The number of fused-ring (bicyclic) bond motifs is 1. The lowest BCUT2D eigenvalue weighted by Crippen LogP contribution is -2.37. The van der Waals surface area contributed by atoms with Crippen LogP contribution >= 0.6 is 11.3 Å². The van der Waals surface area contributed by atoms with Gasteiger partial charge >= 0.3 is 0 Å². The van der Waals surface area contributed by atoms with Crippen molar-refractivity contribution in [3.8, 4) is 5.75 Å². The first kappa shape index (κ1) is 20.5. The summed E-state index contributed by atoms with van der Waals surface area (Å²) in [5, 5.41) is 1.93. The number of ether oxygens (including phenoxy) is 1. The van der Waals surface area contributed by atoms with E-state index < -0.39 is 0 Å². The molecule has 2 aliphatic rings. The van der Waals surface area contributed by atoms with Gasteiger partial charge in [0.1, 0.15) is 11.4 Å². The number of carbonyl (C=O) groups is 2. The minimum absolute atomic E-state index is 0.0771. The number of para-hydroxylation sites is 2. The SMILES string of the molecule is CC(C)Oc1ccccc1N1C(=O)C(c2cccs2)=C(N2CCc3ccccc3C2)C1=O. The second-order valence-corrected chi connectivity index (χ2v) is 9.17. The topological polar surface area (TPSA) is 49.9 Å². The van der Waals surface area contributed by atoms with Gasteiger partial charge in [-0.1, -0.05) is 42.5 Å². The number of anilines is 1. The summed E-state index contributed by atoms with van der Waals surface area (Å²) in [5.74, 6) is -0.0660. The molecule has 3 aromatic rings. The monoisotopic (exact) mass is 444 g/mol. The van der Waals surface area contributed by atoms with Crippen molar-refractivity contribution in [2.45, 2.75) is 32.9 Å². The van der Waals surface area contributed by atoms with E-state index in [0.29, 0.717) is 35.8 Å². The highest BCUT2D eigenvalue weighted by Crippen LogP contribution is 2.41. The number of nitrogens with zero attached hydrogens (tertiary/aromatic N) is 2. The third kappa shape index (κ3) is 3.50. The van der Waals surface area contributed by atoms with Gasteiger partial charge in [-0.25, -0.2) is 4.90 Å². The van der Waals surface area contributed by atoms with Gasteiger partial charge in [0, 0.05) is 18.0 Å². The Morgan fingerprint density at radius 2 is 1.66 bits per heavy atom. The number of benzene rings is 2. The van der Waals surface area contributed by atoms with Crippen LogP contribution in [0.2, 0.25) is 0 Å². The van der Waals surface area contributed by atoms with Crippen molar-refractivity contribution in [3.63, 3.8) is 0 Å². The zero-order valence-electron chi connectivity index (χ0n) is 18.1. The van der Waals surface area contributed by atoms with E-state index in [9.17, 15) is 9.59 Å². The average Bonchev–Trinajstić information content (AvgIpc) is 3.40. The molecule has 5 nitrogen and oxygen atoms in total. The summed E-state index contributed by atoms with van der Waals surface area (Å²) < 4.78 is 5.93. The van der Waals surface area contributed by atoms with Gasteiger partial charge in [-0.05, 0) is 55.0 Å². The number of hydrogen-bond donors (Lipinski definition) is 0. The van der Waals surface area contributed by atoms with E-state index in [4.69, 9.17) is 4.74 Å². The maximum absolute atomic E-state index is 13.8. The molecule has 0 bridgehead atoms. The highest BCUT2D eigenvalue weighted by atomic mass is 32.1. The second kappa shape index (κ2) is 8.28. The molecule has 1 aromatic heterocycles. The number of amides is 2. The second-order valence-electron chi connectivity index (χ2n) is 8.22. The standard InChI is InChI=1S/C26H24N2O3S/c1-17(2)31-21-11-6-5-10-20(21)28-25(29)23(22-12-7-15-32-22)24(26(28)30)27-14-13-18-8-3-4-9-19(18)16-27/h3-12,15,17H,13-14,16H2,1-2H3. The average molecular weight is 445 g/mol. The fourth-order valence-electron chi connectivity index (χ4n) is 4.36. The minimum Gasteiger partial charge on any atom is -0.489 e. The molecule has 0 saturated heterocycles. The molecule has 3 heterocycles. The highest BCUT2D eigenvalue weighted by Gasteiger charge is 2.44. The van der Waals surface area contributed by atoms with E-state index in [1.54, 1.807) is 12.1 Å². The normalized spacial score (nSPS) is 16.2. The molecule has 0 atom stereocenters. The lowest BCUT2D eigenvalue weighted by molar-refractivity contribution is -0.120. The Hall–Kier alpha value is -3.38. The number of hydrogen-bond acceptors (Lipinski definition) is 5. The Morgan fingerprint density at radius 1 is 0.906 bits per heavy atom. The number of rotatable bonds is 5. The number of thiophene rings is 1. The van der Waals surface area contributed by atoms with Crippen molar-refractivity contribution in [1.82, 2.24) is 4.90 Å². The van der Waals surface area contributed by atoms with Crippen LogP contribution in [0.5, 0.6) is 5.75 Å². The molecule has 0 N–H and O–H groups in total. The minimum atomic E-state index is -0.300. The lowest BCUT2D eigenvalue weighted by atomic mass is 9.99. The first-order valence-corrected chi connectivity index (χ1v) is 11.7. The number of imide groups is 1. The van der Waals surface area contributed by atoms with Crippen LogP contribution in [-0.4, -0.2) is 29.4 Å². The van der Waals surface area contributed by atoms with E-state index >= 15 is 0 Å². The van der Waals surface area contributed by atoms with Gasteiger partial charge in [-0.15, -0.1) is 11.3 Å². The Bertz CT molecular complexity index is 1210. The summed E-state index contributed by atoms with van der Waals surface area (Å²) >= 11 is 1.48. The van der Waals surface area contributed by atoms with Crippen molar-refractivity contribution in [3.05, 3.63) is 87.7 Å². The van der Waals surface area contributed by atoms with Crippen LogP contribution in [-0.2, 0) is 22.6 Å². The molecule has 0 unspecified atom stereocenters. The molecular weight excluding hydrogens is 420 g/mol. The molecule has 0 saturated carbocycles. The van der Waals surface area contributed by atoms with Crippen LogP contribution in [0.4, 0.5) is 5.69 Å². The van der Waals surface area contributed by atoms with Gasteiger partial charge in [0.05, 0.1) is 17.4 Å². The molecular formula is C26H24N2O3S. The van der Waals surface area contributed by atoms with E-state index in [1.165, 1.54) is 27.4 Å². The third-order valence-corrected chi connectivity index (χ3v) is 6.63. The maximum atomic E-state index is 13.8. The van der Waals surface area contributed by atoms with E-state index in [2.05, 4.69) is 17.0 Å². The molecule has 2 aliphatic heterocycles. The molecule has 5 rings (SSSR count). The van der Waals surface area contributed by atoms with Gasteiger partial charge in [0.25, 0.3) is 11.8 Å². The molecule has 2 amide bonds.